The number of nitrogens with zero attached hydrogens (tertiary/aromatic N) is 1. The third-order valence-corrected chi connectivity index (χ3v) is 6.42. The molecule has 1 aliphatic rings. The van der Waals surface area contributed by atoms with Crippen LogP contribution in [0.25, 0.3) is 0 Å². The lowest BCUT2D eigenvalue weighted by Crippen LogP contribution is -2.40. The maximum atomic E-state index is 12.9. The molecule has 0 aliphatic carbocycles. The van der Waals surface area contributed by atoms with E-state index in [0.717, 1.165) is 16.0 Å². The predicted molar refractivity (Wildman–Crippen MR) is 103 cm³/mol. The topological polar surface area (TPSA) is 43.4 Å². The van der Waals surface area contributed by atoms with Crippen LogP contribution in [0.3, 0.4) is 0 Å². The van der Waals surface area contributed by atoms with Gasteiger partial charge in [0.1, 0.15) is 6.26 Å². The van der Waals surface area contributed by atoms with Crippen molar-refractivity contribution < 1.29 is 9.35 Å². The van der Waals surface area contributed by atoms with E-state index >= 15 is 0 Å². The minimum absolute atomic E-state index is 0.00354. The maximum absolute atomic E-state index is 12.9. The summed E-state index contributed by atoms with van der Waals surface area (Å²) in [5.74, 6) is -0.00354. The van der Waals surface area contributed by atoms with Crippen molar-refractivity contribution in [2.45, 2.75) is 30.7 Å². The summed E-state index contributed by atoms with van der Waals surface area (Å²) in [7, 11) is 0. The Morgan fingerprint density at radius 2 is 1.88 bits per heavy atom. The molecule has 0 saturated heterocycles. The van der Waals surface area contributed by atoms with Gasteiger partial charge >= 0.3 is 0 Å². The van der Waals surface area contributed by atoms with Gasteiger partial charge in [0.05, 0.1) is 12.5 Å². The Kier molecular flexibility index (Phi) is 5.64. The molecule has 2 atom stereocenters. The summed E-state index contributed by atoms with van der Waals surface area (Å²) in [6.07, 6.45) is 2.58. The zero-order valence-electron chi connectivity index (χ0n) is 14.1. The van der Waals surface area contributed by atoms with Crippen LogP contribution in [0, 0.1) is 0 Å². The molecule has 0 spiro atoms. The Morgan fingerprint density at radius 1 is 1.24 bits per heavy atom. The lowest BCUT2D eigenvalue weighted by atomic mass is 9.93. The van der Waals surface area contributed by atoms with Crippen LogP contribution in [0.2, 0.25) is 10.0 Å². The van der Waals surface area contributed by atoms with Gasteiger partial charge in [-0.1, -0.05) is 41.4 Å². The van der Waals surface area contributed by atoms with E-state index in [2.05, 4.69) is 0 Å². The second-order valence-electron chi connectivity index (χ2n) is 6.17. The lowest BCUT2D eigenvalue weighted by Gasteiger charge is -2.36. The monoisotopic (exact) mass is 395 g/mol. The van der Waals surface area contributed by atoms with Gasteiger partial charge in [-0.2, -0.15) is 0 Å². The molecule has 2 aromatic rings. The van der Waals surface area contributed by atoms with E-state index in [0.29, 0.717) is 28.6 Å². The Balaban J connectivity index is 1.86. The van der Waals surface area contributed by atoms with Gasteiger partial charge in [0.2, 0.25) is 5.91 Å². The predicted octanol–water partition coefficient (Wildman–Crippen LogP) is 4.42. The van der Waals surface area contributed by atoms with Crippen LogP contribution in [0.15, 0.2) is 41.3 Å². The van der Waals surface area contributed by atoms with Crippen LogP contribution in [0.5, 0.6) is 0 Å². The van der Waals surface area contributed by atoms with Crippen LogP contribution in [0.1, 0.15) is 29.7 Å². The molecule has 1 heterocycles. The van der Waals surface area contributed by atoms with Crippen molar-refractivity contribution in [3.05, 3.63) is 63.1 Å². The van der Waals surface area contributed by atoms with E-state index in [-0.39, 0.29) is 18.4 Å². The third kappa shape index (κ3) is 3.68. The van der Waals surface area contributed by atoms with Crippen molar-refractivity contribution in [3.8, 4) is 0 Å². The van der Waals surface area contributed by atoms with E-state index in [1.54, 1.807) is 24.5 Å². The first kappa shape index (κ1) is 18.6. The van der Waals surface area contributed by atoms with Gasteiger partial charge in [-0.05, 0) is 53.8 Å². The summed E-state index contributed by atoms with van der Waals surface area (Å²) >= 11 is 11.4. The first-order valence-corrected chi connectivity index (χ1v) is 10.4. The highest BCUT2D eigenvalue weighted by Gasteiger charge is 2.31. The van der Waals surface area contributed by atoms with Crippen LogP contribution in [-0.4, -0.2) is 28.2 Å². The Hall–Kier alpha value is -1.20. The number of carbonyl (C=O) groups excluding carboxylic acids is 1. The summed E-state index contributed by atoms with van der Waals surface area (Å²) in [5.41, 5.74) is 2.84. The number of fused-ring (bicyclic) bond motifs is 1. The Labute approximate surface area is 161 Å². The number of hydrogen-bond acceptors (Lipinski definition) is 2. The van der Waals surface area contributed by atoms with E-state index in [1.165, 1.54) is 0 Å². The summed E-state index contributed by atoms with van der Waals surface area (Å²) in [6, 6.07) is 11.0. The molecule has 0 aromatic heterocycles. The number of halogens is 2. The minimum atomic E-state index is -1.03. The van der Waals surface area contributed by atoms with Gasteiger partial charge in [-0.15, -0.1) is 0 Å². The molecule has 132 valence electrons. The smallest absolute Gasteiger partial charge is 0.227 e. The number of benzene rings is 2. The van der Waals surface area contributed by atoms with Crippen molar-refractivity contribution in [1.29, 1.82) is 0 Å². The maximum Gasteiger partial charge on any atom is 0.227 e. The summed E-state index contributed by atoms with van der Waals surface area (Å²) in [4.78, 5) is 15.6. The summed E-state index contributed by atoms with van der Waals surface area (Å²) in [5, 5.41) is 1.02. The summed E-state index contributed by atoms with van der Waals surface area (Å²) in [6.45, 7) is 2.61. The number of amides is 1. The first-order chi connectivity index (χ1) is 11.9. The molecule has 3 nitrogen and oxygen atoms in total. The van der Waals surface area contributed by atoms with Gasteiger partial charge in [-0.25, -0.2) is 0 Å². The quantitative estimate of drug-likeness (QED) is 0.721. The van der Waals surface area contributed by atoms with Gasteiger partial charge in [0.15, 0.2) is 4.90 Å². The number of hydrogen-bond donors (Lipinski definition) is 0. The molecule has 2 aromatic carbocycles. The molecule has 0 radical (unpaired) electrons. The van der Waals surface area contributed by atoms with E-state index in [1.807, 2.05) is 30.0 Å². The van der Waals surface area contributed by atoms with Gasteiger partial charge in [-0.3, -0.25) is 4.79 Å². The van der Waals surface area contributed by atoms with E-state index < -0.39 is 11.2 Å². The van der Waals surface area contributed by atoms with Crippen LogP contribution >= 0.6 is 23.2 Å². The molecule has 0 fully saturated rings. The molecule has 6 heteroatoms. The second-order valence-corrected chi connectivity index (χ2v) is 8.33. The normalized spacial score (nSPS) is 18.0. The van der Waals surface area contributed by atoms with Crippen LogP contribution in [-0.2, 0) is 28.8 Å². The molecule has 0 bridgehead atoms. The van der Waals surface area contributed by atoms with E-state index in [9.17, 15) is 9.35 Å². The van der Waals surface area contributed by atoms with Crippen molar-refractivity contribution in [2.75, 3.05) is 12.8 Å². The number of carbonyl (C=O) groups is 1. The molecule has 1 aliphatic heterocycles. The largest absolute Gasteiger partial charge is 0.612 e. The molecular weight excluding hydrogens is 377 g/mol. The molecular formula is C19H19Cl2NO2S. The Bertz CT molecular complexity index is 790. The Morgan fingerprint density at radius 3 is 2.52 bits per heavy atom. The highest BCUT2D eigenvalue weighted by Crippen LogP contribution is 2.34. The van der Waals surface area contributed by atoms with Gasteiger partial charge < -0.3 is 9.45 Å². The second kappa shape index (κ2) is 7.58. The molecule has 25 heavy (non-hydrogen) atoms. The molecule has 0 saturated carbocycles. The first-order valence-electron chi connectivity index (χ1n) is 8.07. The van der Waals surface area contributed by atoms with E-state index in [4.69, 9.17) is 23.2 Å². The van der Waals surface area contributed by atoms with Crippen molar-refractivity contribution in [2.24, 2.45) is 0 Å². The van der Waals surface area contributed by atoms with Crippen molar-refractivity contribution >= 4 is 40.3 Å². The zero-order chi connectivity index (χ0) is 18.1. The van der Waals surface area contributed by atoms with Crippen molar-refractivity contribution in [1.82, 2.24) is 4.90 Å². The summed E-state index contributed by atoms with van der Waals surface area (Å²) < 4.78 is 12.0. The fourth-order valence-electron chi connectivity index (χ4n) is 3.40. The highest BCUT2D eigenvalue weighted by atomic mass is 35.5. The zero-order valence-corrected chi connectivity index (χ0v) is 16.4. The minimum Gasteiger partial charge on any atom is -0.612 e. The van der Waals surface area contributed by atoms with Gasteiger partial charge in [0, 0.05) is 22.2 Å². The highest BCUT2D eigenvalue weighted by molar-refractivity contribution is 7.90. The average molecular weight is 396 g/mol. The standard InChI is InChI=1S/C19H19Cl2NO2S/c1-12-13-5-3-8-18(25(2)24)14(13)9-10-22(12)19(23)11-15-16(20)6-4-7-17(15)21/h3-8,12H,9-11H2,1-2H3/t12-,25?/m0/s1. The van der Waals surface area contributed by atoms with Crippen molar-refractivity contribution in [3.63, 3.8) is 0 Å². The lowest BCUT2D eigenvalue weighted by molar-refractivity contribution is -0.133. The van der Waals surface area contributed by atoms with Gasteiger partial charge in [0.25, 0.3) is 0 Å². The molecule has 3 rings (SSSR count). The molecule has 1 unspecified atom stereocenters. The fourth-order valence-corrected chi connectivity index (χ4v) is 4.77. The number of rotatable bonds is 3. The molecule has 0 N–H and O–H groups in total. The SMILES string of the molecule is C[C@H]1c2cccc([S+](C)[O-])c2CCN1C(=O)Cc1c(Cl)cccc1Cl. The van der Waals surface area contributed by atoms with Crippen LogP contribution < -0.4 is 0 Å². The van der Waals surface area contributed by atoms with Crippen LogP contribution in [0.4, 0.5) is 0 Å². The molecule has 1 amide bonds. The fraction of sp³-hybridized carbons (Fsp3) is 0.316. The third-order valence-electron chi connectivity index (χ3n) is 4.71. The average Bonchev–Trinajstić information content (AvgIpc) is 2.58.